The Morgan fingerprint density at radius 2 is 0.686 bits per heavy atom. The number of hydrogen-bond acceptors (Lipinski definition) is 0. The molecule has 0 aliphatic carbocycles. The van der Waals surface area contributed by atoms with Crippen molar-refractivity contribution in [3.05, 3.63) is 165 Å². The fourth-order valence-corrected chi connectivity index (χ4v) is 18.5. The molecule has 0 atom stereocenters. The van der Waals surface area contributed by atoms with Crippen LogP contribution in [0.2, 0.25) is 23.3 Å². The molecule has 10 rings (SSSR count). The zero-order valence-corrected chi connectivity index (χ0v) is 31.2. The van der Waals surface area contributed by atoms with Gasteiger partial charge in [0, 0.05) is 0 Å². The molecule has 0 saturated carbocycles. The Bertz CT molecular complexity index is 1830. The van der Waals surface area contributed by atoms with Gasteiger partial charge in [-0.3, -0.25) is 0 Å². The fourth-order valence-electron chi connectivity index (χ4n) is 12.5. The quantitative estimate of drug-likeness (QED) is 0.178. The van der Waals surface area contributed by atoms with Crippen LogP contribution in [0.5, 0.6) is 0 Å². The van der Waals surface area contributed by atoms with Gasteiger partial charge in [0.25, 0.3) is 0 Å². The highest BCUT2D eigenvalue weighted by atomic mass is 28.3. The third-order valence-electron chi connectivity index (χ3n) is 14.3. The number of allylic oxidation sites excluding steroid dienone is 4. The second kappa shape index (κ2) is 13.3. The number of benzene rings is 4. The summed E-state index contributed by atoms with van der Waals surface area (Å²) in [6.45, 7) is 1.37. The zero-order valence-electron chi connectivity index (χ0n) is 30.2. The topological polar surface area (TPSA) is 0 Å². The molecule has 6 aliphatic heterocycles. The van der Waals surface area contributed by atoms with Crippen LogP contribution in [-0.2, 0) is 0 Å². The van der Waals surface area contributed by atoms with E-state index in [1.54, 1.807) is 31.7 Å². The molecule has 0 radical (unpaired) electrons. The highest BCUT2D eigenvalue weighted by molar-refractivity contribution is 7.30. The van der Waals surface area contributed by atoms with Gasteiger partial charge in [0.2, 0.25) is 0 Å². The van der Waals surface area contributed by atoms with Crippen LogP contribution in [0.4, 0.5) is 0 Å². The third kappa shape index (κ3) is 5.16. The second-order valence-corrected chi connectivity index (χ2v) is 20.4. The van der Waals surface area contributed by atoms with Gasteiger partial charge in [-0.1, -0.05) is 255 Å². The van der Waals surface area contributed by atoms with Crippen LogP contribution in [0.1, 0.15) is 99.3 Å². The Labute approximate surface area is 308 Å². The monoisotopic (exact) mass is 676 g/mol. The molecule has 6 heterocycles. The van der Waals surface area contributed by atoms with E-state index in [-0.39, 0.29) is 0 Å². The van der Waals surface area contributed by atoms with Crippen LogP contribution in [0.3, 0.4) is 0 Å². The van der Waals surface area contributed by atoms with E-state index in [1.807, 2.05) is 0 Å². The smallest absolute Gasteiger partial charge is 0.0781 e. The van der Waals surface area contributed by atoms with Crippen LogP contribution in [-0.4, -0.2) is 21.5 Å². The Kier molecular flexibility index (Phi) is 8.32. The molecule has 4 saturated heterocycles. The van der Waals surface area contributed by atoms with E-state index in [1.165, 1.54) is 99.3 Å². The Hall–Kier alpha value is -3.81. The molecule has 4 fully saturated rings. The van der Waals surface area contributed by atoms with Gasteiger partial charge in [0.15, 0.2) is 21.5 Å². The first kappa shape index (κ1) is 31.9. The minimum atomic E-state index is -2.56. The average molecular weight is 677 g/mol. The van der Waals surface area contributed by atoms with Crippen molar-refractivity contribution in [3.63, 3.8) is 0 Å². The van der Waals surface area contributed by atoms with Gasteiger partial charge in [0.1, 0.15) is 0 Å². The van der Waals surface area contributed by atoms with Gasteiger partial charge in [-0.15, -0.1) is 0 Å². The lowest BCUT2D eigenvalue weighted by atomic mass is 9.23. The molecule has 6 aliphatic rings. The summed E-state index contributed by atoms with van der Waals surface area (Å²) < 4.78 is 0. The van der Waals surface area contributed by atoms with Gasteiger partial charge in [0.05, 0.1) is 0 Å². The molecule has 1 spiro atoms. The van der Waals surface area contributed by atoms with E-state index in [2.05, 4.69) is 133 Å². The average Bonchev–Trinajstić information content (AvgIpc) is 3.16. The van der Waals surface area contributed by atoms with Crippen molar-refractivity contribution >= 4 is 44.0 Å². The predicted molar refractivity (Wildman–Crippen MR) is 223 cm³/mol. The van der Waals surface area contributed by atoms with Crippen LogP contribution in [0.15, 0.2) is 143 Å². The molecule has 4 aromatic rings. The third-order valence-corrected chi connectivity index (χ3v) is 19.4. The molecular weight excluding hydrogens is 626 g/mol. The van der Waals surface area contributed by atoms with Crippen LogP contribution in [0, 0.1) is 0 Å². The SMILES string of the molecule is C(=C1/C(B2C3CCCC2CCC3)=C(c2ccccc2)[Si]12C(c1ccccc1)=C(B1C3CCCC1CCC3)/C2=C\c1ccccc1)/c1ccccc1. The van der Waals surface area contributed by atoms with E-state index in [0.717, 1.165) is 23.3 Å². The lowest BCUT2D eigenvalue weighted by Gasteiger charge is -2.63. The molecule has 252 valence electrons. The van der Waals surface area contributed by atoms with Gasteiger partial charge in [-0.25, -0.2) is 0 Å². The number of fused-ring (bicyclic) bond motifs is 4. The first-order valence-corrected chi connectivity index (χ1v) is 22.5. The van der Waals surface area contributed by atoms with Gasteiger partial charge >= 0.3 is 0 Å². The van der Waals surface area contributed by atoms with Crippen LogP contribution in [0.25, 0.3) is 22.5 Å². The maximum atomic E-state index is 2.72. The van der Waals surface area contributed by atoms with Crippen molar-refractivity contribution in [2.24, 2.45) is 0 Å². The highest BCUT2D eigenvalue weighted by Crippen LogP contribution is 2.70. The first-order valence-electron chi connectivity index (χ1n) is 20.5. The summed E-state index contributed by atoms with van der Waals surface area (Å²) in [5.74, 6) is 3.28. The minimum Gasteiger partial charge on any atom is -0.0781 e. The summed E-state index contributed by atoms with van der Waals surface area (Å²) in [7, 11) is -2.56. The van der Waals surface area contributed by atoms with Crippen LogP contribution < -0.4 is 0 Å². The molecule has 0 aromatic heterocycles. The molecule has 3 heteroatoms. The molecule has 4 bridgehead atoms. The lowest BCUT2D eigenvalue weighted by molar-refractivity contribution is 0.446. The van der Waals surface area contributed by atoms with Crippen LogP contribution >= 0.6 is 0 Å². The first-order chi connectivity index (χ1) is 25.3. The van der Waals surface area contributed by atoms with Gasteiger partial charge < -0.3 is 0 Å². The van der Waals surface area contributed by atoms with E-state index >= 15 is 0 Å². The number of hydrogen-bond donors (Lipinski definition) is 0. The second-order valence-electron chi connectivity index (χ2n) is 16.8. The minimum absolute atomic E-state index is 0.684. The molecule has 51 heavy (non-hydrogen) atoms. The van der Waals surface area contributed by atoms with E-state index in [9.17, 15) is 0 Å². The largest absolute Gasteiger partial charge is 0.182 e. The van der Waals surface area contributed by atoms with Crippen molar-refractivity contribution in [3.8, 4) is 0 Å². The predicted octanol–water partition coefficient (Wildman–Crippen LogP) is 13.0. The summed E-state index contributed by atoms with van der Waals surface area (Å²) in [5.41, 5.74) is 9.31. The summed E-state index contributed by atoms with van der Waals surface area (Å²) in [4.78, 5) is 0. The number of rotatable bonds is 6. The van der Waals surface area contributed by atoms with Gasteiger partial charge in [-0.05, 0) is 32.6 Å². The molecular formula is C48H50B2Si. The fraction of sp³-hybridized carbons (Fsp3) is 0.333. The zero-order chi connectivity index (χ0) is 33.8. The Balaban J connectivity index is 1.33. The summed E-state index contributed by atoms with van der Waals surface area (Å²) >= 11 is 0. The normalized spacial score (nSPS) is 30.1. The Morgan fingerprint density at radius 1 is 0.392 bits per heavy atom. The highest BCUT2D eigenvalue weighted by Gasteiger charge is 2.68. The van der Waals surface area contributed by atoms with Crippen molar-refractivity contribution in [1.82, 2.24) is 0 Å². The molecule has 0 amide bonds. The van der Waals surface area contributed by atoms with E-state index in [0.29, 0.717) is 13.4 Å². The van der Waals surface area contributed by atoms with E-state index in [4.69, 9.17) is 0 Å². The van der Waals surface area contributed by atoms with Crippen molar-refractivity contribution in [2.75, 3.05) is 0 Å². The standard InChI is InChI=1S/C48H50B2Si/c1-5-17-35(18-6-1)33-43-45(49-39-25-13-26-40(49)28-14-27-39)47(37-21-9-3-10-22-37)51(43)44(34-36-19-7-2-8-20-36)46(48(51)38-23-11-4-12-24-38)50-41-29-15-30-42(50)32-16-31-41/h1-12,17-24,33-34,39-42H,13-16,25-32H2/b43-33+,44-34+. The lowest BCUT2D eigenvalue weighted by Crippen LogP contribution is -2.63. The summed E-state index contributed by atoms with van der Waals surface area (Å²) in [6.07, 6.45) is 22.4. The molecule has 0 nitrogen and oxygen atoms in total. The summed E-state index contributed by atoms with van der Waals surface area (Å²) in [6, 6.07) is 46.5. The Morgan fingerprint density at radius 3 is 1.00 bits per heavy atom. The summed E-state index contributed by atoms with van der Waals surface area (Å²) in [5, 5.41) is 7.06. The maximum absolute atomic E-state index is 2.72. The van der Waals surface area contributed by atoms with Crippen molar-refractivity contribution in [2.45, 2.75) is 100 Å². The van der Waals surface area contributed by atoms with Gasteiger partial charge in [-0.2, -0.15) is 0 Å². The molecule has 0 unspecified atom stereocenters. The van der Waals surface area contributed by atoms with Crippen molar-refractivity contribution < 1.29 is 0 Å². The van der Waals surface area contributed by atoms with Crippen molar-refractivity contribution in [1.29, 1.82) is 0 Å². The molecule has 4 aromatic carbocycles. The maximum Gasteiger partial charge on any atom is 0.182 e. The van der Waals surface area contributed by atoms with E-state index < -0.39 is 8.07 Å². The molecule has 0 N–H and O–H groups in total.